The zero-order valence-electron chi connectivity index (χ0n) is 8.58. The molecule has 1 N–H and O–H groups in total. The number of aliphatic hydroxyl groups is 1. The van der Waals surface area contributed by atoms with Gasteiger partial charge < -0.3 is 9.84 Å². The smallest absolute Gasteiger partial charge is 0.383 e. The van der Waals surface area contributed by atoms with Crippen LogP contribution in [0.25, 0.3) is 10.9 Å². The maximum atomic E-state index is 11.3. The number of carbonyl (C=O) groups excluding carboxylic acids is 2. The average Bonchev–Trinajstić information content (AvgIpc) is 2.36. The molecule has 1 atom stereocenters. The molecule has 0 saturated heterocycles. The summed E-state index contributed by atoms with van der Waals surface area (Å²) < 4.78 is 4.94. The second-order valence-corrected chi connectivity index (χ2v) is 3.72. The summed E-state index contributed by atoms with van der Waals surface area (Å²) in [4.78, 5) is 26.6. The molecule has 0 radical (unpaired) electrons. The summed E-state index contributed by atoms with van der Waals surface area (Å²) >= 11 is 0. The minimum Gasteiger partial charge on any atom is -0.420 e. The van der Waals surface area contributed by atoms with E-state index in [0.717, 1.165) is 0 Å². The summed E-state index contributed by atoms with van der Waals surface area (Å²) in [7, 11) is 0. The third kappa shape index (κ3) is 1.33. The third-order valence-corrected chi connectivity index (χ3v) is 2.69. The Labute approximate surface area is 95.7 Å². The highest BCUT2D eigenvalue weighted by Gasteiger charge is 2.35. The minimum atomic E-state index is -1.48. The van der Waals surface area contributed by atoms with Gasteiger partial charge >= 0.3 is 5.97 Å². The van der Waals surface area contributed by atoms with Crippen LogP contribution >= 0.6 is 0 Å². The zero-order valence-corrected chi connectivity index (χ0v) is 8.58. The van der Waals surface area contributed by atoms with E-state index in [4.69, 9.17) is 4.74 Å². The Morgan fingerprint density at radius 3 is 2.82 bits per heavy atom. The van der Waals surface area contributed by atoms with Crippen LogP contribution in [0.2, 0.25) is 0 Å². The molecular weight excluding hydrogens is 222 g/mol. The van der Waals surface area contributed by atoms with Crippen molar-refractivity contribution in [2.75, 3.05) is 0 Å². The number of hydrogen-bond acceptors (Lipinski definition) is 5. The predicted octanol–water partition coefficient (Wildman–Crippen LogP) is 0.756. The van der Waals surface area contributed by atoms with Gasteiger partial charge in [0.2, 0.25) is 0 Å². The van der Waals surface area contributed by atoms with Gasteiger partial charge in [-0.15, -0.1) is 0 Å². The first-order valence-electron chi connectivity index (χ1n) is 5.00. The monoisotopic (exact) mass is 229 g/mol. The van der Waals surface area contributed by atoms with Crippen LogP contribution in [0.3, 0.4) is 0 Å². The average molecular weight is 229 g/mol. The van der Waals surface area contributed by atoms with Gasteiger partial charge in [-0.3, -0.25) is 9.78 Å². The number of pyridine rings is 1. The molecule has 3 rings (SSSR count). The Hall–Kier alpha value is -2.27. The molecule has 1 aliphatic rings. The van der Waals surface area contributed by atoms with Crippen molar-refractivity contribution in [3.63, 3.8) is 0 Å². The van der Waals surface area contributed by atoms with Crippen molar-refractivity contribution in [1.82, 2.24) is 4.98 Å². The highest BCUT2D eigenvalue weighted by atomic mass is 16.5. The number of ketones is 1. The Morgan fingerprint density at radius 2 is 2.00 bits per heavy atom. The minimum absolute atomic E-state index is 0.215. The van der Waals surface area contributed by atoms with Gasteiger partial charge in [0.1, 0.15) is 5.75 Å². The van der Waals surface area contributed by atoms with E-state index < -0.39 is 17.9 Å². The van der Waals surface area contributed by atoms with Crippen molar-refractivity contribution >= 4 is 22.7 Å². The molecule has 0 bridgehead atoms. The lowest BCUT2D eigenvalue weighted by atomic mass is 10.0. The van der Waals surface area contributed by atoms with Crippen LogP contribution in [0.4, 0.5) is 0 Å². The zero-order chi connectivity index (χ0) is 12.0. The molecule has 0 amide bonds. The van der Waals surface area contributed by atoms with Crippen LogP contribution in [0.5, 0.6) is 5.75 Å². The van der Waals surface area contributed by atoms with Crippen molar-refractivity contribution in [2.45, 2.75) is 6.10 Å². The standard InChI is InChI=1S/C12H7NO4/c14-9-7-5-13-8-4-2-1-3-6(8)11(7)17-12(16)10(9)15/h1-5,9,14H. The van der Waals surface area contributed by atoms with Crippen LogP contribution in [0.15, 0.2) is 30.5 Å². The van der Waals surface area contributed by atoms with Gasteiger partial charge in [-0.25, -0.2) is 4.79 Å². The first-order chi connectivity index (χ1) is 8.18. The summed E-state index contributed by atoms with van der Waals surface area (Å²) in [5.74, 6) is -1.79. The lowest BCUT2D eigenvalue weighted by Crippen LogP contribution is -2.31. The molecule has 1 unspecified atom stereocenters. The maximum Gasteiger partial charge on any atom is 0.383 e. The third-order valence-electron chi connectivity index (χ3n) is 2.69. The van der Waals surface area contributed by atoms with Crippen molar-refractivity contribution in [3.8, 4) is 5.75 Å². The quantitative estimate of drug-likeness (QED) is 0.533. The number of rotatable bonds is 0. The molecule has 84 valence electrons. The summed E-state index contributed by atoms with van der Waals surface area (Å²) in [5.41, 5.74) is 0.869. The van der Waals surface area contributed by atoms with Gasteiger partial charge in [-0.1, -0.05) is 12.1 Å². The number of para-hydroxylation sites is 1. The largest absolute Gasteiger partial charge is 0.420 e. The van der Waals surface area contributed by atoms with Gasteiger partial charge in [0.05, 0.1) is 11.1 Å². The molecule has 2 aromatic rings. The van der Waals surface area contributed by atoms with Gasteiger partial charge in [0, 0.05) is 11.6 Å². The molecule has 0 fully saturated rings. The fraction of sp³-hybridized carbons (Fsp3) is 0.0833. The molecule has 1 aromatic carbocycles. The van der Waals surface area contributed by atoms with E-state index in [2.05, 4.69) is 4.98 Å². The highest BCUT2D eigenvalue weighted by Crippen LogP contribution is 2.35. The van der Waals surface area contributed by atoms with Gasteiger partial charge in [0.15, 0.2) is 6.10 Å². The number of fused-ring (bicyclic) bond motifs is 3. The van der Waals surface area contributed by atoms with E-state index in [9.17, 15) is 14.7 Å². The van der Waals surface area contributed by atoms with Crippen LogP contribution in [-0.4, -0.2) is 21.8 Å². The Morgan fingerprint density at radius 1 is 1.24 bits per heavy atom. The molecule has 1 aliphatic heterocycles. The van der Waals surface area contributed by atoms with Crippen LogP contribution in [-0.2, 0) is 9.59 Å². The first-order valence-corrected chi connectivity index (χ1v) is 5.00. The second kappa shape index (κ2) is 3.36. The number of benzene rings is 1. The molecule has 1 aromatic heterocycles. The van der Waals surface area contributed by atoms with Crippen molar-refractivity contribution < 1.29 is 19.4 Å². The number of nitrogens with zero attached hydrogens (tertiary/aromatic N) is 1. The number of aliphatic hydroxyl groups excluding tert-OH is 1. The molecule has 5 heteroatoms. The molecule has 0 saturated carbocycles. The van der Waals surface area contributed by atoms with Crippen molar-refractivity contribution in [1.29, 1.82) is 0 Å². The lowest BCUT2D eigenvalue weighted by molar-refractivity contribution is -0.153. The summed E-state index contributed by atoms with van der Waals surface area (Å²) in [6.45, 7) is 0. The van der Waals surface area contributed by atoms with E-state index in [1.54, 1.807) is 24.3 Å². The number of aromatic nitrogens is 1. The van der Waals surface area contributed by atoms with Crippen LogP contribution < -0.4 is 4.74 Å². The summed E-state index contributed by atoms with van der Waals surface area (Å²) in [6.07, 6.45) is -0.129. The van der Waals surface area contributed by atoms with Gasteiger partial charge in [-0.05, 0) is 12.1 Å². The molecule has 0 aliphatic carbocycles. The second-order valence-electron chi connectivity index (χ2n) is 3.72. The number of hydrogen-bond donors (Lipinski definition) is 1. The van der Waals surface area contributed by atoms with E-state index in [-0.39, 0.29) is 11.3 Å². The predicted molar refractivity (Wildman–Crippen MR) is 57.3 cm³/mol. The van der Waals surface area contributed by atoms with E-state index in [1.165, 1.54) is 6.20 Å². The van der Waals surface area contributed by atoms with Gasteiger partial charge in [-0.2, -0.15) is 0 Å². The Bertz CT molecular complexity index is 650. The number of ether oxygens (including phenoxy) is 1. The number of carbonyl (C=O) groups is 2. The van der Waals surface area contributed by atoms with Crippen molar-refractivity contribution in [3.05, 3.63) is 36.0 Å². The lowest BCUT2D eigenvalue weighted by Gasteiger charge is -2.19. The molecule has 2 heterocycles. The molecule has 17 heavy (non-hydrogen) atoms. The number of Topliss-reactive ketones (excluding diaryl/α,β-unsaturated/α-hetero) is 1. The highest BCUT2D eigenvalue weighted by molar-refractivity contribution is 6.37. The normalized spacial score (nSPS) is 19.0. The Kier molecular flexibility index (Phi) is 1.96. The van der Waals surface area contributed by atoms with Crippen LogP contribution in [0.1, 0.15) is 11.7 Å². The first kappa shape index (κ1) is 9.92. The maximum absolute atomic E-state index is 11.3. The SMILES string of the molecule is O=C1Oc2c(cnc3ccccc23)C(O)C1=O. The Balaban J connectivity index is 2.34. The van der Waals surface area contributed by atoms with Crippen LogP contribution in [0, 0.1) is 0 Å². The van der Waals surface area contributed by atoms with Crippen molar-refractivity contribution in [2.24, 2.45) is 0 Å². The van der Waals surface area contributed by atoms with Gasteiger partial charge in [0.25, 0.3) is 5.78 Å². The molecule has 0 spiro atoms. The number of esters is 1. The molecule has 5 nitrogen and oxygen atoms in total. The summed E-state index contributed by atoms with van der Waals surface area (Å²) in [6, 6.07) is 7.04. The fourth-order valence-electron chi connectivity index (χ4n) is 1.84. The van der Waals surface area contributed by atoms with E-state index >= 15 is 0 Å². The summed E-state index contributed by atoms with van der Waals surface area (Å²) in [5, 5.41) is 10.3. The molecular formula is C12H7NO4. The van der Waals surface area contributed by atoms with E-state index in [1.807, 2.05) is 0 Å². The fourth-order valence-corrected chi connectivity index (χ4v) is 1.84. The van der Waals surface area contributed by atoms with E-state index in [0.29, 0.717) is 10.9 Å². The topological polar surface area (TPSA) is 76.5 Å².